The van der Waals surface area contributed by atoms with Crippen LogP contribution >= 0.6 is 0 Å². The van der Waals surface area contributed by atoms with Gasteiger partial charge in [0.05, 0.1) is 36.7 Å². The Morgan fingerprint density at radius 1 is 0.800 bits per heavy atom. The van der Waals surface area contributed by atoms with Crippen LogP contribution in [0.1, 0.15) is 46.0 Å². The summed E-state index contributed by atoms with van der Waals surface area (Å²) in [6, 6.07) is 43.8. The summed E-state index contributed by atoms with van der Waals surface area (Å²) in [5.41, 5.74) is 5.21. The number of nitrogens with zero attached hydrogens (tertiary/aromatic N) is 5. The Labute approximate surface area is 374 Å². The first-order valence-corrected chi connectivity index (χ1v) is 21.7. The van der Waals surface area contributed by atoms with E-state index in [-0.39, 0.29) is 12.3 Å². The quantitative estimate of drug-likeness (QED) is 0.114. The number of carbonyl (C=O) groups is 3. The second-order valence-electron chi connectivity index (χ2n) is 16.7. The maximum atomic E-state index is 15.6. The minimum atomic E-state index is -1.73. The number of hydrogen-bond donors (Lipinski definition) is 3. The number of fused-ring (bicyclic) bond motifs is 4. The van der Waals surface area contributed by atoms with Gasteiger partial charge in [0.2, 0.25) is 11.8 Å². The molecule has 3 fully saturated rings. The molecule has 1 spiro atoms. The molecule has 0 bridgehead atoms. The minimum Gasteiger partial charge on any atom is -0.508 e. The van der Waals surface area contributed by atoms with E-state index >= 15 is 14.4 Å². The van der Waals surface area contributed by atoms with E-state index in [1.165, 1.54) is 0 Å². The molecule has 6 aromatic carbocycles. The molecule has 5 heterocycles. The number of cyclic esters (lactones) is 1. The number of amides is 2. The number of benzene rings is 6. The van der Waals surface area contributed by atoms with Crippen molar-refractivity contribution in [2.75, 3.05) is 41.8 Å². The molecular weight excluding hydrogens is 819 g/mol. The topological polar surface area (TPSA) is 151 Å². The second kappa shape index (κ2) is 16.4. The molecule has 3 N–H and O–H groups in total. The van der Waals surface area contributed by atoms with Crippen molar-refractivity contribution in [1.82, 2.24) is 19.9 Å². The fraction of sp³-hybridized carbons (Fsp3) is 0.212. The lowest BCUT2D eigenvalue weighted by Gasteiger charge is -2.46. The summed E-state index contributed by atoms with van der Waals surface area (Å²) >= 11 is 0. The van der Waals surface area contributed by atoms with Crippen LogP contribution in [-0.4, -0.2) is 75.1 Å². The number of morpholine rings is 2. The summed E-state index contributed by atoms with van der Waals surface area (Å²) in [6.45, 7) is 3.01. The average Bonchev–Trinajstić information content (AvgIpc) is 4.00. The fourth-order valence-corrected chi connectivity index (χ4v) is 10.4. The maximum Gasteiger partial charge on any atom is 0.324 e. The lowest BCUT2D eigenvalue weighted by molar-refractivity contribution is -0.177. The molecule has 3 saturated heterocycles. The Balaban J connectivity index is 1.09. The van der Waals surface area contributed by atoms with Gasteiger partial charge < -0.3 is 30.1 Å². The van der Waals surface area contributed by atoms with Gasteiger partial charge in [0, 0.05) is 35.7 Å². The number of phenols is 1. The summed E-state index contributed by atoms with van der Waals surface area (Å²) in [5, 5.41) is 25.5. The van der Waals surface area contributed by atoms with E-state index in [4.69, 9.17) is 9.47 Å². The van der Waals surface area contributed by atoms with E-state index in [0.717, 1.165) is 40.9 Å². The summed E-state index contributed by atoms with van der Waals surface area (Å²) in [4.78, 5) is 50.6. The van der Waals surface area contributed by atoms with Crippen LogP contribution in [0.15, 0.2) is 152 Å². The number of nitrogens with one attached hydrogen (secondary N) is 2. The molecule has 0 unspecified atom stereocenters. The normalized spacial score (nSPS) is 23.6. The fourth-order valence-electron chi connectivity index (χ4n) is 10.4. The van der Waals surface area contributed by atoms with Crippen molar-refractivity contribution < 1.29 is 29.0 Å². The third-order valence-corrected chi connectivity index (χ3v) is 13.2. The van der Waals surface area contributed by atoms with Crippen LogP contribution in [0.3, 0.4) is 0 Å². The van der Waals surface area contributed by atoms with Gasteiger partial charge in [-0.05, 0) is 89.0 Å². The second-order valence-corrected chi connectivity index (χ2v) is 16.7. The number of aromatic nitrogens is 3. The molecule has 0 radical (unpaired) electrons. The average molecular weight is 862 g/mol. The van der Waals surface area contributed by atoms with Crippen LogP contribution in [0.5, 0.6) is 5.75 Å². The van der Waals surface area contributed by atoms with Crippen molar-refractivity contribution in [1.29, 1.82) is 0 Å². The number of phenolic OH excluding ortho intramolecular Hbond substituents is 1. The molecule has 4 aliphatic rings. The Kier molecular flexibility index (Phi) is 10.1. The number of ether oxygens (including phenoxy) is 2. The summed E-state index contributed by atoms with van der Waals surface area (Å²) in [6.07, 6.45) is -0.817. The zero-order chi connectivity index (χ0) is 44.1. The highest BCUT2D eigenvalue weighted by Gasteiger charge is 2.74. The maximum absolute atomic E-state index is 15.6. The Hall–Kier alpha value is -7.79. The SMILES string of the molecule is O=C1O[C@@H](c2ccccc2)[C@@H](c2ccccc2)N2[C@@H](c3ccc(O)cc3)[C@]3(C(=O)Nc4ccc(C#CCn5nnc6ccccc65)cc43)[C@@H](C(=O)Nc3ccc(N4CCOCC4)cc3)[C@H]12. The first-order chi connectivity index (χ1) is 31.9. The Bertz CT molecular complexity index is 3000. The smallest absolute Gasteiger partial charge is 0.324 e. The number of hydrogen-bond acceptors (Lipinski definition) is 10. The van der Waals surface area contributed by atoms with Crippen LogP contribution in [0.2, 0.25) is 0 Å². The number of para-hydroxylation sites is 1. The predicted octanol–water partition coefficient (Wildman–Crippen LogP) is 6.93. The van der Waals surface area contributed by atoms with Crippen LogP contribution < -0.4 is 15.5 Å². The van der Waals surface area contributed by atoms with Gasteiger partial charge in [0.1, 0.15) is 35.4 Å². The number of carbonyl (C=O) groups excluding carboxylic acids is 3. The van der Waals surface area contributed by atoms with Crippen molar-refractivity contribution in [3.8, 4) is 17.6 Å². The van der Waals surface area contributed by atoms with Gasteiger partial charge in [-0.25, -0.2) is 4.68 Å². The summed E-state index contributed by atoms with van der Waals surface area (Å²) < 4.78 is 13.8. The van der Waals surface area contributed by atoms with E-state index in [0.29, 0.717) is 41.3 Å². The van der Waals surface area contributed by atoms with Crippen molar-refractivity contribution in [3.63, 3.8) is 0 Å². The van der Waals surface area contributed by atoms with Gasteiger partial charge in [-0.15, -0.1) is 5.10 Å². The van der Waals surface area contributed by atoms with Crippen LogP contribution in [0.4, 0.5) is 17.1 Å². The van der Waals surface area contributed by atoms with Crippen LogP contribution in [0, 0.1) is 17.8 Å². The van der Waals surface area contributed by atoms with Crippen LogP contribution in [0.25, 0.3) is 11.0 Å². The highest BCUT2D eigenvalue weighted by molar-refractivity contribution is 6.13. The number of anilines is 3. The number of rotatable bonds is 7. The van der Waals surface area contributed by atoms with E-state index in [1.807, 2.05) is 126 Å². The lowest BCUT2D eigenvalue weighted by atomic mass is 9.65. The zero-order valence-corrected chi connectivity index (χ0v) is 35.1. The molecule has 0 aliphatic carbocycles. The molecule has 7 aromatic rings. The minimum absolute atomic E-state index is 0.0287. The molecule has 4 aliphatic heterocycles. The van der Waals surface area contributed by atoms with E-state index in [2.05, 4.69) is 37.7 Å². The monoisotopic (exact) mass is 861 g/mol. The van der Waals surface area contributed by atoms with Gasteiger partial charge >= 0.3 is 5.97 Å². The highest BCUT2D eigenvalue weighted by Crippen LogP contribution is 2.65. The molecule has 2 amide bonds. The van der Waals surface area contributed by atoms with Crippen molar-refractivity contribution in [2.45, 2.75) is 36.2 Å². The first-order valence-electron chi connectivity index (χ1n) is 21.7. The predicted molar refractivity (Wildman–Crippen MR) is 244 cm³/mol. The third kappa shape index (κ3) is 6.86. The number of aromatic hydroxyl groups is 1. The van der Waals surface area contributed by atoms with E-state index < -0.39 is 53.3 Å². The van der Waals surface area contributed by atoms with Gasteiger partial charge in [0.15, 0.2) is 0 Å². The standard InChI is InChI=1S/C52H43N7O6/c60-39-24-18-36(19-25-39)48-52(40-32-33(17-26-41(40)54-51(52)63)10-9-27-58-43-16-8-7-15-42(43)55-56-58)44(49(61)53-37-20-22-38(23-21-37)57-28-30-64-31-29-57)46-50(62)65-47(35-13-5-2-6-14-35)45(59(46)48)34-11-3-1-4-12-34/h1-8,11-26,32,44-48,60H,27-31H2,(H,53,61)(H,54,63)/t44-,45-,46-,47+,48+,52-/m1/s1. The zero-order valence-electron chi connectivity index (χ0n) is 35.1. The van der Waals surface area contributed by atoms with E-state index in [9.17, 15) is 5.11 Å². The highest BCUT2D eigenvalue weighted by atomic mass is 16.6. The molecular formula is C52H43N7O6. The molecule has 1 aromatic heterocycles. The Morgan fingerprint density at radius 2 is 1.51 bits per heavy atom. The first kappa shape index (κ1) is 40.0. The van der Waals surface area contributed by atoms with Crippen molar-refractivity contribution in [2.24, 2.45) is 5.92 Å². The molecule has 11 rings (SSSR count). The molecule has 13 nitrogen and oxygen atoms in total. The lowest BCUT2D eigenvalue weighted by Crippen LogP contribution is -2.53. The Morgan fingerprint density at radius 3 is 2.26 bits per heavy atom. The van der Waals surface area contributed by atoms with Crippen LogP contribution in [-0.2, 0) is 35.8 Å². The number of esters is 1. The van der Waals surface area contributed by atoms with Gasteiger partial charge in [-0.3, -0.25) is 19.3 Å². The largest absolute Gasteiger partial charge is 0.508 e. The molecule has 13 heteroatoms. The molecule has 6 atom stereocenters. The molecule has 0 saturated carbocycles. The van der Waals surface area contributed by atoms with Gasteiger partial charge in [-0.1, -0.05) is 102 Å². The van der Waals surface area contributed by atoms with Gasteiger partial charge in [0.25, 0.3) is 0 Å². The van der Waals surface area contributed by atoms with Gasteiger partial charge in [-0.2, -0.15) is 0 Å². The molecule has 65 heavy (non-hydrogen) atoms. The van der Waals surface area contributed by atoms with Crippen molar-refractivity contribution in [3.05, 3.63) is 179 Å². The summed E-state index contributed by atoms with van der Waals surface area (Å²) in [5.74, 6) is 3.61. The molecule has 322 valence electrons. The third-order valence-electron chi connectivity index (χ3n) is 13.2. The summed E-state index contributed by atoms with van der Waals surface area (Å²) in [7, 11) is 0. The van der Waals surface area contributed by atoms with Crippen molar-refractivity contribution >= 4 is 45.9 Å². The van der Waals surface area contributed by atoms with E-state index in [1.54, 1.807) is 35.0 Å².